The van der Waals surface area contributed by atoms with Crippen LogP contribution >= 0.6 is 0 Å². The molecule has 0 unspecified atom stereocenters. The van der Waals surface area contributed by atoms with E-state index in [0.29, 0.717) is 6.54 Å². The van der Waals surface area contributed by atoms with Gasteiger partial charge in [-0.3, -0.25) is 0 Å². The van der Waals surface area contributed by atoms with Gasteiger partial charge in [0.1, 0.15) is 10.6 Å². The first-order valence-electron chi connectivity index (χ1n) is 8.01. The molecule has 3 rings (SSSR count). The maximum absolute atomic E-state index is 12.5. The van der Waals surface area contributed by atoms with Gasteiger partial charge < -0.3 is 9.30 Å². The number of benzene rings is 2. The van der Waals surface area contributed by atoms with Crippen LogP contribution in [0.2, 0.25) is 0 Å². The Kier molecular flexibility index (Phi) is 5.82. The average molecular weight is 393 g/mol. The smallest absolute Gasteiger partial charge is 0.387 e. The van der Waals surface area contributed by atoms with Gasteiger partial charge in [0.25, 0.3) is 0 Å². The van der Waals surface area contributed by atoms with E-state index in [2.05, 4.69) is 14.4 Å². The minimum absolute atomic E-state index is 0.0170. The minimum atomic E-state index is -4.02. The maximum atomic E-state index is 12.5. The Labute approximate surface area is 155 Å². The summed E-state index contributed by atoms with van der Waals surface area (Å²) in [4.78, 5) is 3.64. The molecule has 6 nitrogen and oxygen atoms in total. The number of sulfonamides is 1. The molecule has 0 fully saturated rings. The Hall–Kier alpha value is -2.78. The molecule has 1 aromatic heterocycles. The number of nitrogens with zero attached hydrogens (tertiary/aromatic N) is 2. The molecule has 0 atom stereocenters. The van der Waals surface area contributed by atoms with E-state index in [1.807, 2.05) is 29.0 Å². The molecule has 0 spiro atoms. The summed E-state index contributed by atoms with van der Waals surface area (Å²) in [7, 11) is -4.02. The molecule has 0 amide bonds. The van der Waals surface area contributed by atoms with E-state index in [0.717, 1.165) is 11.1 Å². The second-order valence-corrected chi connectivity index (χ2v) is 7.44. The van der Waals surface area contributed by atoms with Crippen LogP contribution in [0.25, 0.3) is 0 Å². The number of ether oxygens (including phenoxy) is 1. The minimum Gasteiger partial charge on any atom is -0.433 e. The highest BCUT2D eigenvalue weighted by Gasteiger charge is 2.21. The van der Waals surface area contributed by atoms with Crippen molar-refractivity contribution in [1.82, 2.24) is 14.3 Å². The van der Waals surface area contributed by atoms with E-state index in [4.69, 9.17) is 0 Å². The van der Waals surface area contributed by atoms with E-state index in [-0.39, 0.29) is 11.4 Å². The summed E-state index contributed by atoms with van der Waals surface area (Å²) in [6, 6.07) is 12.7. The zero-order chi connectivity index (χ0) is 19.3. The van der Waals surface area contributed by atoms with Crippen LogP contribution in [0.4, 0.5) is 8.78 Å². The largest absolute Gasteiger partial charge is 0.433 e. The van der Waals surface area contributed by atoms with E-state index in [1.54, 1.807) is 18.6 Å². The van der Waals surface area contributed by atoms with Crippen LogP contribution < -0.4 is 9.46 Å². The van der Waals surface area contributed by atoms with Crippen molar-refractivity contribution >= 4 is 10.0 Å². The van der Waals surface area contributed by atoms with Gasteiger partial charge in [0.2, 0.25) is 10.0 Å². The predicted octanol–water partition coefficient (Wildman–Crippen LogP) is 3.01. The molecule has 0 radical (unpaired) electrons. The van der Waals surface area contributed by atoms with E-state index in [9.17, 15) is 17.2 Å². The van der Waals surface area contributed by atoms with Crippen LogP contribution in [-0.2, 0) is 23.1 Å². The second-order valence-electron chi connectivity index (χ2n) is 5.70. The van der Waals surface area contributed by atoms with Gasteiger partial charge in [0, 0.05) is 25.5 Å². The first-order valence-corrected chi connectivity index (χ1v) is 9.49. The SMILES string of the molecule is O=S(=O)(NCc1cccc(Cn2ccnc2)c1)c1ccccc1OC(F)F. The van der Waals surface area contributed by atoms with Gasteiger partial charge in [-0.1, -0.05) is 36.4 Å². The summed E-state index contributed by atoms with van der Waals surface area (Å²) in [5, 5.41) is 0. The summed E-state index contributed by atoms with van der Waals surface area (Å²) in [5.41, 5.74) is 1.72. The first-order chi connectivity index (χ1) is 12.9. The summed E-state index contributed by atoms with van der Waals surface area (Å²) in [6.07, 6.45) is 5.20. The van der Waals surface area contributed by atoms with Crippen LogP contribution in [0, 0.1) is 0 Å². The molecule has 1 N–H and O–H groups in total. The highest BCUT2D eigenvalue weighted by atomic mass is 32.2. The van der Waals surface area contributed by atoms with Gasteiger partial charge >= 0.3 is 6.61 Å². The lowest BCUT2D eigenvalue weighted by Crippen LogP contribution is -2.24. The van der Waals surface area contributed by atoms with Crippen molar-refractivity contribution in [1.29, 1.82) is 0 Å². The molecule has 0 aliphatic carbocycles. The van der Waals surface area contributed by atoms with Crippen molar-refractivity contribution in [3.63, 3.8) is 0 Å². The third-order valence-electron chi connectivity index (χ3n) is 3.74. The van der Waals surface area contributed by atoms with E-state index >= 15 is 0 Å². The van der Waals surface area contributed by atoms with Gasteiger partial charge in [-0.15, -0.1) is 0 Å². The molecule has 27 heavy (non-hydrogen) atoms. The van der Waals surface area contributed by atoms with Crippen molar-refractivity contribution in [2.24, 2.45) is 0 Å². The van der Waals surface area contributed by atoms with Crippen LogP contribution in [0.3, 0.4) is 0 Å². The van der Waals surface area contributed by atoms with Gasteiger partial charge in [-0.2, -0.15) is 8.78 Å². The van der Waals surface area contributed by atoms with Crippen molar-refractivity contribution in [2.45, 2.75) is 24.6 Å². The molecule has 142 valence electrons. The molecule has 0 bridgehead atoms. The fourth-order valence-corrected chi connectivity index (χ4v) is 3.70. The number of hydrogen-bond acceptors (Lipinski definition) is 4. The number of para-hydroxylation sites is 1. The van der Waals surface area contributed by atoms with Crippen molar-refractivity contribution in [3.8, 4) is 5.75 Å². The number of hydrogen-bond donors (Lipinski definition) is 1. The van der Waals surface area contributed by atoms with Gasteiger partial charge in [-0.25, -0.2) is 18.1 Å². The standard InChI is InChI=1S/C18H17F2N3O3S/c19-18(20)26-16-6-1-2-7-17(16)27(24,25)22-11-14-4-3-5-15(10-14)12-23-9-8-21-13-23/h1-10,13,18,22H,11-12H2. The molecule has 3 aromatic rings. The fraction of sp³-hybridized carbons (Fsp3) is 0.167. The lowest BCUT2D eigenvalue weighted by atomic mass is 10.1. The summed E-state index contributed by atoms with van der Waals surface area (Å²) >= 11 is 0. The monoisotopic (exact) mass is 393 g/mol. The number of alkyl halides is 2. The van der Waals surface area contributed by atoms with Crippen LogP contribution in [-0.4, -0.2) is 24.6 Å². The predicted molar refractivity (Wildman–Crippen MR) is 94.9 cm³/mol. The fourth-order valence-electron chi connectivity index (χ4n) is 2.55. The molecule has 0 aliphatic heterocycles. The molecular formula is C18H17F2N3O3S. The molecule has 2 aromatic carbocycles. The Morgan fingerprint density at radius 2 is 1.89 bits per heavy atom. The molecule has 1 heterocycles. The van der Waals surface area contributed by atoms with Gasteiger partial charge in [0.05, 0.1) is 6.33 Å². The quantitative estimate of drug-likeness (QED) is 0.639. The van der Waals surface area contributed by atoms with Crippen LogP contribution in [0.15, 0.2) is 72.1 Å². The first kappa shape index (κ1) is 19.0. The van der Waals surface area contributed by atoms with Crippen molar-refractivity contribution in [2.75, 3.05) is 0 Å². The lowest BCUT2D eigenvalue weighted by molar-refractivity contribution is -0.0517. The zero-order valence-corrected chi connectivity index (χ0v) is 14.9. The Bertz CT molecular complexity index is 993. The highest BCUT2D eigenvalue weighted by Crippen LogP contribution is 2.25. The Morgan fingerprint density at radius 3 is 2.63 bits per heavy atom. The lowest BCUT2D eigenvalue weighted by Gasteiger charge is -2.12. The highest BCUT2D eigenvalue weighted by molar-refractivity contribution is 7.89. The van der Waals surface area contributed by atoms with Crippen molar-refractivity contribution in [3.05, 3.63) is 78.4 Å². The molecular weight excluding hydrogens is 376 g/mol. The Balaban J connectivity index is 1.73. The molecule has 0 aliphatic rings. The zero-order valence-electron chi connectivity index (χ0n) is 14.1. The normalized spacial score (nSPS) is 11.7. The van der Waals surface area contributed by atoms with Gasteiger partial charge in [0.15, 0.2) is 0 Å². The third-order valence-corrected chi connectivity index (χ3v) is 5.18. The summed E-state index contributed by atoms with van der Waals surface area (Å²) < 4.78 is 58.6. The number of halogens is 2. The molecule has 9 heteroatoms. The van der Waals surface area contributed by atoms with Crippen LogP contribution in [0.5, 0.6) is 5.75 Å². The number of aromatic nitrogens is 2. The average Bonchev–Trinajstić information content (AvgIpc) is 3.13. The number of nitrogens with one attached hydrogen (secondary N) is 1. The second kappa shape index (κ2) is 8.28. The third kappa shape index (κ3) is 5.11. The number of imidazole rings is 1. The van der Waals surface area contributed by atoms with E-state index < -0.39 is 22.4 Å². The van der Waals surface area contributed by atoms with Crippen LogP contribution in [0.1, 0.15) is 11.1 Å². The topological polar surface area (TPSA) is 73.2 Å². The molecule has 0 saturated heterocycles. The summed E-state index contributed by atoms with van der Waals surface area (Å²) in [5.74, 6) is -0.395. The van der Waals surface area contributed by atoms with Crippen molar-refractivity contribution < 1.29 is 21.9 Å². The van der Waals surface area contributed by atoms with E-state index in [1.165, 1.54) is 24.3 Å². The Morgan fingerprint density at radius 1 is 1.11 bits per heavy atom. The number of rotatable bonds is 8. The van der Waals surface area contributed by atoms with Gasteiger partial charge in [-0.05, 0) is 23.3 Å². The maximum Gasteiger partial charge on any atom is 0.387 e. The summed E-state index contributed by atoms with van der Waals surface area (Å²) in [6.45, 7) is -2.49. The molecule has 0 saturated carbocycles.